The molecule has 18 heavy (non-hydrogen) atoms. The maximum Gasteiger partial charge on any atom is 0.314 e. The maximum absolute atomic E-state index is 12.0. The summed E-state index contributed by atoms with van der Waals surface area (Å²) in [7, 11) is 1.45. The molecular weight excluding hydrogens is 226 g/mol. The number of hydrogen-bond donors (Lipinski definition) is 0. The molecule has 0 amide bonds. The van der Waals surface area contributed by atoms with E-state index in [-0.39, 0.29) is 17.8 Å². The van der Waals surface area contributed by atoms with Crippen LogP contribution >= 0.6 is 0 Å². The van der Waals surface area contributed by atoms with Gasteiger partial charge in [-0.15, -0.1) is 0 Å². The van der Waals surface area contributed by atoms with E-state index in [4.69, 9.17) is 4.74 Å². The largest absolute Gasteiger partial charge is 0.468 e. The molecule has 1 unspecified atom stereocenters. The van der Waals surface area contributed by atoms with E-state index in [1.165, 1.54) is 7.11 Å². The number of rotatable bonds is 3. The predicted octanol–water partition coefficient (Wildman–Crippen LogP) is 3.16. The Bertz CT molecular complexity index is 569. The molecule has 0 spiro atoms. The Morgan fingerprint density at radius 2 is 2.06 bits per heavy atom. The highest BCUT2D eigenvalue weighted by atomic mass is 16.5. The van der Waals surface area contributed by atoms with Gasteiger partial charge in [0.1, 0.15) is 0 Å². The summed E-state index contributed by atoms with van der Waals surface area (Å²) in [6.07, 6.45) is 2.00. The minimum atomic E-state index is -0.222. The molecule has 0 aliphatic heterocycles. The molecule has 1 atom stereocenters. The second-order valence-corrected chi connectivity index (χ2v) is 4.95. The maximum atomic E-state index is 12.0. The number of carbonyl (C=O) groups is 1. The van der Waals surface area contributed by atoms with Crippen molar-refractivity contribution in [3.8, 4) is 0 Å². The first-order chi connectivity index (χ1) is 8.56. The van der Waals surface area contributed by atoms with Gasteiger partial charge < -0.3 is 9.14 Å². The van der Waals surface area contributed by atoms with Crippen molar-refractivity contribution in [2.45, 2.75) is 26.7 Å². The van der Waals surface area contributed by atoms with E-state index in [9.17, 15) is 4.79 Å². The number of fused-ring (bicyclic) bond motifs is 1. The normalized spacial score (nSPS) is 12.9. The topological polar surface area (TPSA) is 30.7 Å². The van der Waals surface area contributed by atoms with Crippen molar-refractivity contribution >= 4 is 11.5 Å². The summed E-state index contributed by atoms with van der Waals surface area (Å²) in [5.74, 6) is -0.189. The molecule has 0 N–H and O–H groups in total. The molecule has 3 heteroatoms. The number of methoxy groups -OCH3 is 1. The monoisotopic (exact) mass is 245 g/mol. The summed E-state index contributed by atoms with van der Waals surface area (Å²) in [4.78, 5) is 12.0. The Labute approximate surface area is 107 Å². The second-order valence-electron chi connectivity index (χ2n) is 4.95. The van der Waals surface area contributed by atoms with Gasteiger partial charge in [0.2, 0.25) is 0 Å². The molecule has 0 aromatic carbocycles. The third-order valence-electron chi connectivity index (χ3n) is 3.34. The number of hydrogen-bond acceptors (Lipinski definition) is 2. The Hall–Kier alpha value is -1.77. The fraction of sp³-hybridized carbons (Fsp3) is 0.400. The molecule has 2 heterocycles. The number of aromatic nitrogens is 1. The Kier molecular flexibility index (Phi) is 3.41. The predicted molar refractivity (Wildman–Crippen MR) is 71.7 cm³/mol. The van der Waals surface area contributed by atoms with Gasteiger partial charge in [0.25, 0.3) is 0 Å². The van der Waals surface area contributed by atoms with Crippen molar-refractivity contribution in [3.63, 3.8) is 0 Å². The standard InChI is InChI=1S/C15H19NO2/c1-10(2)13(15(17)18-4)14-11(3)9-12-7-5-6-8-16(12)14/h5-10,13H,1-4H3. The lowest BCUT2D eigenvalue weighted by Gasteiger charge is -2.19. The van der Waals surface area contributed by atoms with Gasteiger partial charge in [-0.2, -0.15) is 0 Å². The molecular formula is C15H19NO2. The lowest BCUT2D eigenvalue weighted by molar-refractivity contribution is -0.143. The van der Waals surface area contributed by atoms with Gasteiger partial charge in [-0.05, 0) is 36.6 Å². The van der Waals surface area contributed by atoms with Crippen LogP contribution in [-0.2, 0) is 9.53 Å². The summed E-state index contributed by atoms with van der Waals surface area (Å²) < 4.78 is 7.03. The van der Waals surface area contributed by atoms with Crippen LogP contribution in [0.1, 0.15) is 31.0 Å². The Morgan fingerprint density at radius 3 is 2.67 bits per heavy atom. The zero-order valence-corrected chi connectivity index (χ0v) is 11.3. The van der Waals surface area contributed by atoms with Gasteiger partial charge in [-0.25, -0.2) is 0 Å². The zero-order valence-electron chi connectivity index (χ0n) is 11.3. The number of pyridine rings is 1. The molecule has 96 valence electrons. The van der Waals surface area contributed by atoms with E-state index >= 15 is 0 Å². The van der Waals surface area contributed by atoms with Gasteiger partial charge in [0.15, 0.2) is 0 Å². The Balaban J connectivity index is 2.63. The van der Waals surface area contributed by atoms with Crippen LogP contribution in [0.4, 0.5) is 0 Å². The number of aryl methyl sites for hydroxylation is 1. The highest BCUT2D eigenvalue weighted by Crippen LogP contribution is 2.30. The summed E-state index contributed by atoms with van der Waals surface area (Å²) in [6.45, 7) is 6.13. The van der Waals surface area contributed by atoms with Crippen molar-refractivity contribution in [3.05, 3.63) is 41.7 Å². The van der Waals surface area contributed by atoms with Crippen LogP contribution in [0.5, 0.6) is 0 Å². The first-order valence-corrected chi connectivity index (χ1v) is 6.20. The summed E-state index contributed by atoms with van der Waals surface area (Å²) in [6, 6.07) is 8.13. The van der Waals surface area contributed by atoms with Crippen LogP contribution in [0.15, 0.2) is 30.5 Å². The lowest BCUT2D eigenvalue weighted by atomic mass is 9.90. The fourth-order valence-electron chi connectivity index (χ4n) is 2.50. The second kappa shape index (κ2) is 4.84. The van der Waals surface area contributed by atoms with Gasteiger partial charge in [-0.3, -0.25) is 4.79 Å². The van der Waals surface area contributed by atoms with Crippen molar-refractivity contribution in [1.29, 1.82) is 0 Å². The summed E-state index contributed by atoms with van der Waals surface area (Å²) in [5.41, 5.74) is 3.28. The van der Waals surface area contributed by atoms with Gasteiger partial charge in [-0.1, -0.05) is 19.9 Å². The van der Waals surface area contributed by atoms with Crippen LogP contribution in [0, 0.1) is 12.8 Å². The van der Waals surface area contributed by atoms with Crippen LogP contribution < -0.4 is 0 Å². The minimum Gasteiger partial charge on any atom is -0.468 e. The van der Waals surface area contributed by atoms with Gasteiger partial charge >= 0.3 is 5.97 Å². The van der Waals surface area contributed by atoms with Crippen molar-refractivity contribution in [2.24, 2.45) is 5.92 Å². The number of carbonyl (C=O) groups excluding carboxylic acids is 1. The van der Waals surface area contributed by atoms with E-state index in [0.717, 1.165) is 16.8 Å². The lowest BCUT2D eigenvalue weighted by Crippen LogP contribution is -2.21. The van der Waals surface area contributed by atoms with Gasteiger partial charge in [0, 0.05) is 17.4 Å². The molecule has 0 aliphatic carbocycles. The van der Waals surface area contributed by atoms with Crippen molar-refractivity contribution < 1.29 is 9.53 Å². The van der Waals surface area contributed by atoms with Crippen LogP contribution in [0.3, 0.4) is 0 Å². The molecule has 0 bridgehead atoms. The first-order valence-electron chi connectivity index (χ1n) is 6.20. The molecule has 3 nitrogen and oxygen atoms in total. The summed E-state index contributed by atoms with van der Waals surface area (Å²) >= 11 is 0. The first kappa shape index (κ1) is 12.7. The highest BCUT2D eigenvalue weighted by Gasteiger charge is 2.29. The fourth-order valence-corrected chi connectivity index (χ4v) is 2.50. The zero-order chi connectivity index (χ0) is 13.3. The average molecular weight is 245 g/mol. The molecule has 2 rings (SSSR count). The van der Waals surface area contributed by atoms with E-state index in [0.29, 0.717) is 0 Å². The number of ether oxygens (including phenoxy) is 1. The van der Waals surface area contributed by atoms with E-state index in [1.54, 1.807) is 0 Å². The molecule has 0 radical (unpaired) electrons. The third-order valence-corrected chi connectivity index (χ3v) is 3.34. The van der Waals surface area contributed by atoms with E-state index in [2.05, 4.69) is 10.5 Å². The third kappa shape index (κ3) is 2.01. The van der Waals surface area contributed by atoms with E-state index < -0.39 is 0 Å². The molecule has 0 aliphatic rings. The molecule has 0 saturated carbocycles. The van der Waals surface area contributed by atoms with Crippen LogP contribution in [-0.4, -0.2) is 17.5 Å². The molecule has 0 fully saturated rings. The van der Waals surface area contributed by atoms with Gasteiger partial charge in [0.05, 0.1) is 13.0 Å². The Morgan fingerprint density at radius 1 is 1.33 bits per heavy atom. The molecule has 2 aromatic rings. The molecule has 0 saturated heterocycles. The van der Waals surface area contributed by atoms with Crippen LogP contribution in [0.2, 0.25) is 0 Å². The molecule has 2 aromatic heterocycles. The highest BCUT2D eigenvalue weighted by molar-refractivity contribution is 5.79. The van der Waals surface area contributed by atoms with Crippen molar-refractivity contribution in [2.75, 3.05) is 7.11 Å². The minimum absolute atomic E-state index is 0.169. The number of esters is 1. The van der Waals surface area contributed by atoms with E-state index in [1.807, 2.05) is 45.2 Å². The average Bonchev–Trinajstić information content (AvgIpc) is 2.66. The van der Waals surface area contributed by atoms with Crippen LogP contribution in [0.25, 0.3) is 5.52 Å². The SMILES string of the molecule is COC(=O)C(c1c(C)cc2ccccn12)C(C)C. The van der Waals surface area contributed by atoms with Crippen molar-refractivity contribution in [1.82, 2.24) is 4.40 Å². The smallest absolute Gasteiger partial charge is 0.314 e. The number of nitrogens with zero attached hydrogens (tertiary/aromatic N) is 1. The summed E-state index contributed by atoms with van der Waals surface area (Å²) in [5, 5.41) is 0. The quantitative estimate of drug-likeness (QED) is 0.778.